The lowest BCUT2D eigenvalue weighted by Crippen LogP contribution is -2.49. The number of hydrogen-bond donors (Lipinski definition) is 0. The molecular weight excluding hydrogens is 392 g/mol. The Bertz CT molecular complexity index is 997. The summed E-state index contributed by atoms with van der Waals surface area (Å²) in [6.45, 7) is 11.4. The van der Waals surface area contributed by atoms with E-state index < -0.39 is 0 Å². The molecular formula is C24H30N4O3. The van der Waals surface area contributed by atoms with Gasteiger partial charge in [0.2, 0.25) is 0 Å². The minimum atomic E-state index is -0.269. The zero-order valence-corrected chi connectivity index (χ0v) is 18.8. The number of anilines is 1. The van der Waals surface area contributed by atoms with Gasteiger partial charge in [0.05, 0.1) is 29.7 Å². The molecule has 1 saturated heterocycles. The molecule has 0 unspecified atom stereocenters. The summed E-state index contributed by atoms with van der Waals surface area (Å²) < 4.78 is 11.3. The fourth-order valence-electron chi connectivity index (χ4n) is 4.41. The van der Waals surface area contributed by atoms with Crippen LogP contribution < -0.4 is 4.90 Å². The van der Waals surface area contributed by atoms with Gasteiger partial charge in [-0.2, -0.15) is 5.26 Å². The maximum absolute atomic E-state index is 12.6. The molecule has 4 rings (SSSR count). The molecule has 0 radical (unpaired) electrons. The summed E-state index contributed by atoms with van der Waals surface area (Å²) in [6.07, 6.45) is 3.06. The molecule has 4 heterocycles. The number of fused-ring (bicyclic) bond motifs is 1. The van der Waals surface area contributed by atoms with E-state index >= 15 is 0 Å². The molecule has 1 amide bonds. The number of hydrogen-bond acceptors (Lipinski definition) is 6. The molecule has 2 aromatic rings. The van der Waals surface area contributed by atoms with Gasteiger partial charge in [0.25, 0.3) is 5.91 Å². The molecule has 7 heteroatoms. The summed E-state index contributed by atoms with van der Waals surface area (Å²) in [5.41, 5.74) is 3.58. The van der Waals surface area contributed by atoms with Gasteiger partial charge < -0.3 is 19.0 Å². The van der Waals surface area contributed by atoms with Crippen LogP contribution in [0.1, 0.15) is 60.6 Å². The smallest absolute Gasteiger partial charge is 0.289 e. The SMILES string of the molecule is CC(C)Cc1c(C#N)c(N2CCN(C(=O)c3ccco3)CC2)nc2c1COC(C)(C)C2. The van der Waals surface area contributed by atoms with Crippen molar-refractivity contribution in [3.63, 3.8) is 0 Å². The average Bonchev–Trinajstić information content (AvgIpc) is 3.26. The molecule has 7 nitrogen and oxygen atoms in total. The fourth-order valence-corrected chi connectivity index (χ4v) is 4.41. The summed E-state index contributed by atoms with van der Waals surface area (Å²) in [5.74, 6) is 1.44. The van der Waals surface area contributed by atoms with Crippen LogP contribution in [0, 0.1) is 17.2 Å². The van der Waals surface area contributed by atoms with Gasteiger partial charge in [-0.25, -0.2) is 4.98 Å². The van der Waals surface area contributed by atoms with Crippen molar-refractivity contribution in [1.82, 2.24) is 9.88 Å². The summed E-state index contributed by atoms with van der Waals surface area (Å²) in [5, 5.41) is 10.1. The van der Waals surface area contributed by atoms with E-state index in [0.717, 1.165) is 35.5 Å². The van der Waals surface area contributed by atoms with Crippen LogP contribution >= 0.6 is 0 Å². The maximum atomic E-state index is 12.6. The number of nitrogens with zero attached hydrogens (tertiary/aromatic N) is 4. The van der Waals surface area contributed by atoms with Crippen LogP contribution in [-0.4, -0.2) is 47.6 Å². The predicted octanol–water partition coefficient (Wildman–Crippen LogP) is 3.56. The lowest BCUT2D eigenvalue weighted by Gasteiger charge is -2.38. The average molecular weight is 423 g/mol. The molecule has 2 aliphatic rings. The Hall–Kier alpha value is -2.85. The second kappa shape index (κ2) is 8.35. The topological polar surface area (TPSA) is 82.6 Å². The number of ether oxygens (including phenoxy) is 1. The van der Waals surface area contributed by atoms with Gasteiger partial charge in [-0.3, -0.25) is 4.79 Å². The Morgan fingerprint density at radius 1 is 1.29 bits per heavy atom. The molecule has 31 heavy (non-hydrogen) atoms. The number of piperazine rings is 1. The lowest BCUT2D eigenvalue weighted by atomic mass is 9.88. The highest BCUT2D eigenvalue weighted by Crippen LogP contribution is 2.35. The second-order valence-corrected chi connectivity index (χ2v) is 9.41. The number of pyridine rings is 1. The van der Waals surface area contributed by atoms with Crippen LogP contribution in [0.15, 0.2) is 22.8 Å². The van der Waals surface area contributed by atoms with Crippen LogP contribution in [0.5, 0.6) is 0 Å². The molecule has 0 aliphatic carbocycles. The van der Waals surface area contributed by atoms with Crippen molar-refractivity contribution in [2.24, 2.45) is 5.92 Å². The van der Waals surface area contributed by atoms with E-state index in [2.05, 4.69) is 38.7 Å². The standard InChI is InChI=1S/C24H30N4O3/c1-16(2)12-17-18(14-25)22(26-20-13-24(3,4)31-15-19(17)20)27-7-9-28(10-8-27)23(29)21-6-5-11-30-21/h5-6,11,16H,7-10,12-13,15H2,1-4H3. The molecule has 2 aromatic heterocycles. The van der Waals surface area contributed by atoms with E-state index in [4.69, 9.17) is 14.1 Å². The van der Waals surface area contributed by atoms with Gasteiger partial charge in [-0.15, -0.1) is 0 Å². The van der Waals surface area contributed by atoms with Crippen molar-refractivity contribution >= 4 is 11.7 Å². The fraction of sp³-hybridized carbons (Fsp3) is 0.542. The van der Waals surface area contributed by atoms with Crippen molar-refractivity contribution in [2.45, 2.75) is 52.7 Å². The molecule has 0 saturated carbocycles. The molecule has 164 valence electrons. The third-order valence-corrected chi connectivity index (χ3v) is 6.00. The monoisotopic (exact) mass is 422 g/mol. The first-order valence-electron chi connectivity index (χ1n) is 11.0. The largest absolute Gasteiger partial charge is 0.459 e. The zero-order chi connectivity index (χ0) is 22.2. The van der Waals surface area contributed by atoms with Crippen LogP contribution in [-0.2, 0) is 24.2 Å². The minimum Gasteiger partial charge on any atom is -0.459 e. The summed E-state index contributed by atoms with van der Waals surface area (Å²) in [4.78, 5) is 21.5. The molecule has 0 spiro atoms. The number of nitriles is 1. The molecule has 0 atom stereocenters. The van der Waals surface area contributed by atoms with E-state index in [9.17, 15) is 10.1 Å². The Morgan fingerprint density at radius 2 is 2.03 bits per heavy atom. The van der Waals surface area contributed by atoms with Crippen LogP contribution in [0.3, 0.4) is 0 Å². The predicted molar refractivity (Wildman–Crippen MR) is 117 cm³/mol. The third-order valence-electron chi connectivity index (χ3n) is 6.00. The van der Waals surface area contributed by atoms with Gasteiger partial charge in [-0.05, 0) is 43.9 Å². The number of amides is 1. The van der Waals surface area contributed by atoms with Gasteiger partial charge in [0.15, 0.2) is 5.76 Å². The first kappa shape index (κ1) is 21.4. The van der Waals surface area contributed by atoms with Crippen LogP contribution in [0.4, 0.5) is 5.82 Å². The zero-order valence-electron chi connectivity index (χ0n) is 18.8. The second-order valence-electron chi connectivity index (χ2n) is 9.41. The van der Waals surface area contributed by atoms with Gasteiger partial charge in [-0.1, -0.05) is 13.8 Å². The van der Waals surface area contributed by atoms with Crippen LogP contribution in [0.25, 0.3) is 0 Å². The first-order valence-corrected chi connectivity index (χ1v) is 11.0. The van der Waals surface area contributed by atoms with Crippen molar-refractivity contribution in [1.29, 1.82) is 5.26 Å². The lowest BCUT2D eigenvalue weighted by molar-refractivity contribution is -0.0417. The Kier molecular flexibility index (Phi) is 5.76. The van der Waals surface area contributed by atoms with E-state index in [1.807, 2.05) is 0 Å². The molecule has 0 N–H and O–H groups in total. The highest BCUT2D eigenvalue weighted by molar-refractivity contribution is 5.91. The number of rotatable bonds is 4. The van der Waals surface area contributed by atoms with E-state index in [1.54, 1.807) is 17.0 Å². The summed E-state index contributed by atoms with van der Waals surface area (Å²) in [7, 11) is 0. The van der Waals surface area contributed by atoms with E-state index in [1.165, 1.54) is 6.26 Å². The van der Waals surface area contributed by atoms with Gasteiger partial charge >= 0.3 is 0 Å². The number of aromatic nitrogens is 1. The first-order chi connectivity index (χ1) is 14.8. The summed E-state index contributed by atoms with van der Waals surface area (Å²) in [6, 6.07) is 5.85. The summed E-state index contributed by atoms with van der Waals surface area (Å²) >= 11 is 0. The Morgan fingerprint density at radius 3 is 2.65 bits per heavy atom. The maximum Gasteiger partial charge on any atom is 0.289 e. The highest BCUT2D eigenvalue weighted by Gasteiger charge is 2.33. The van der Waals surface area contributed by atoms with E-state index in [0.29, 0.717) is 50.0 Å². The Labute approximate surface area is 183 Å². The van der Waals surface area contributed by atoms with Crippen molar-refractivity contribution in [3.8, 4) is 6.07 Å². The van der Waals surface area contributed by atoms with Crippen LogP contribution in [0.2, 0.25) is 0 Å². The normalized spacial score (nSPS) is 18.1. The molecule has 1 fully saturated rings. The number of carbonyl (C=O) groups is 1. The van der Waals surface area contributed by atoms with Crippen molar-refractivity contribution in [2.75, 3.05) is 31.1 Å². The van der Waals surface area contributed by atoms with Gasteiger partial charge in [0, 0.05) is 38.2 Å². The number of furan rings is 1. The van der Waals surface area contributed by atoms with Gasteiger partial charge in [0.1, 0.15) is 11.9 Å². The minimum absolute atomic E-state index is 0.0945. The Balaban J connectivity index is 1.64. The molecule has 0 aromatic carbocycles. The van der Waals surface area contributed by atoms with Crippen molar-refractivity contribution < 1.29 is 13.9 Å². The third kappa shape index (κ3) is 4.31. The van der Waals surface area contributed by atoms with Crippen molar-refractivity contribution in [3.05, 3.63) is 46.5 Å². The quantitative estimate of drug-likeness (QED) is 0.749. The molecule has 2 aliphatic heterocycles. The molecule has 0 bridgehead atoms. The number of carbonyl (C=O) groups excluding carboxylic acids is 1. The van der Waals surface area contributed by atoms with E-state index in [-0.39, 0.29) is 11.5 Å². The highest BCUT2D eigenvalue weighted by atomic mass is 16.5.